The van der Waals surface area contributed by atoms with Gasteiger partial charge in [0.1, 0.15) is 16.5 Å². The van der Waals surface area contributed by atoms with Gasteiger partial charge in [-0.25, -0.2) is 10.2 Å². The molecule has 188 valence electrons. The van der Waals surface area contributed by atoms with Gasteiger partial charge in [-0.15, -0.1) is 0 Å². The second kappa shape index (κ2) is 12.3. The summed E-state index contributed by atoms with van der Waals surface area (Å²) in [5, 5.41) is 2.47. The van der Waals surface area contributed by atoms with Gasteiger partial charge >= 0.3 is 6.03 Å². The smallest absolute Gasteiger partial charge is 0.329 e. The van der Waals surface area contributed by atoms with Crippen molar-refractivity contribution in [1.82, 2.24) is 20.2 Å². The van der Waals surface area contributed by atoms with Crippen LogP contribution >= 0.6 is 11.6 Å². The summed E-state index contributed by atoms with van der Waals surface area (Å²) in [5.74, 6) is 1.06. The maximum absolute atomic E-state index is 13.5. The van der Waals surface area contributed by atoms with E-state index in [2.05, 4.69) is 41.5 Å². The van der Waals surface area contributed by atoms with Gasteiger partial charge in [0.25, 0.3) is 0 Å². The lowest BCUT2D eigenvalue weighted by atomic mass is 10.1. The summed E-state index contributed by atoms with van der Waals surface area (Å²) in [6.45, 7) is 12.3. The normalized spacial score (nSPS) is 16.0. The minimum Gasteiger partial charge on any atom is -0.497 e. The van der Waals surface area contributed by atoms with E-state index in [1.807, 2.05) is 11.8 Å². The zero-order valence-corrected chi connectivity index (χ0v) is 21.8. The average molecular weight is 492 g/mol. The molecule has 1 aromatic rings. The van der Waals surface area contributed by atoms with Crippen molar-refractivity contribution in [1.29, 1.82) is 0 Å². The molecule has 0 saturated carbocycles. The summed E-state index contributed by atoms with van der Waals surface area (Å²) in [4.78, 5) is 19.5. The van der Waals surface area contributed by atoms with Crippen molar-refractivity contribution in [2.45, 2.75) is 33.6 Å². The van der Waals surface area contributed by atoms with Crippen LogP contribution in [0.4, 0.5) is 10.5 Å². The highest BCUT2D eigenvalue weighted by atomic mass is 35.5. The van der Waals surface area contributed by atoms with Crippen molar-refractivity contribution in [3.05, 3.63) is 40.7 Å². The monoisotopic (exact) mass is 491 g/mol. The fraction of sp³-hybridized carbons (Fsp3) is 0.560. The average Bonchev–Trinajstić information content (AvgIpc) is 2.86. The Morgan fingerprint density at radius 2 is 1.85 bits per heavy atom. The van der Waals surface area contributed by atoms with Crippen molar-refractivity contribution < 1.29 is 14.3 Å². The second-order valence-corrected chi connectivity index (χ2v) is 8.71. The van der Waals surface area contributed by atoms with Crippen molar-refractivity contribution in [2.24, 2.45) is 0 Å². The van der Waals surface area contributed by atoms with E-state index < -0.39 is 0 Å². The molecule has 2 heterocycles. The van der Waals surface area contributed by atoms with Gasteiger partial charge in [0.15, 0.2) is 0 Å². The number of rotatable bonds is 12. The predicted molar refractivity (Wildman–Crippen MR) is 138 cm³/mol. The van der Waals surface area contributed by atoms with Crippen LogP contribution in [0.25, 0.3) is 0 Å². The molecule has 3 rings (SSSR count). The Labute approximate surface area is 208 Å². The molecular formula is C25H38ClN5O3. The van der Waals surface area contributed by atoms with Gasteiger partial charge in [-0.3, -0.25) is 9.80 Å². The van der Waals surface area contributed by atoms with Gasteiger partial charge in [0.2, 0.25) is 0 Å². The first-order chi connectivity index (χ1) is 16.5. The van der Waals surface area contributed by atoms with E-state index in [-0.39, 0.29) is 6.03 Å². The minimum absolute atomic E-state index is 0.104. The molecule has 8 nitrogen and oxygen atoms in total. The molecule has 0 atom stereocenters. The lowest BCUT2D eigenvalue weighted by Crippen LogP contribution is -2.52. The van der Waals surface area contributed by atoms with E-state index >= 15 is 0 Å². The number of ether oxygens (including phenoxy) is 2. The molecule has 0 bridgehead atoms. The molecule has 2 aliphatic heterocycles. The van der Waals surface area contributed by atoms with Gasteiger partial charge in [-0.2, -0.15) is 0 Å². The van der Waals surface area contributed by atoms with Crippen LogP contribution in [0.5, 0.6) is 11.5 Å². The quantitative estimate of drug-likeness (QED) is 0.439. The van der Waals surface area contributed by atoms with E-state index in [1.54, 1.807) is 31.3 Å². The van der Waals surface area contributed by atoms with Crippen LogP contribution in [0.15, 0.2) is 35.7 Å². The fourth-order valence-electron chi connectivity index (χ4n) is 4.36. The molecule has 0 spiro atoms. The number of hydrogen-bond acceptors (Lipinski definition) is 6. The number of likely N-dealkylation sites (N-methyl/N-ethyl adjacent to an activating group) is 1. The van der Waals surface area contributed by atoms with Crippen LogP contribution in [0, 0.1) is 0 Å². The first-order valence-corrected chi connectivity index (χ1v) is 12.5. The van der Waals surface area contributed by atoms with Crippen LogP contribution in [0.3, 0.4) is 0 Å². The molecule has 2 amide bonds. The fourth-order valence-corrected chi connectivity index (χ4v) is 4.65. The van der Waals surface area contributed by atoms with Gasteiger partial charge < -0.3 is 19.4 Å². The predicted octanol–water partition coefficient (Wildman–Crippen LogP) is 4.33. The maximum Gasteiger partial charge on any atom is 0.329 e. The molecule has 1 N–H and O–H groups in total. The highest BCUT2D eigenvalue weighted by molar-refractivity contribution is 6.35. The SMILES string of the molecule is CCN(CC)CCCCNN1C=CC2=C(C1)N(CC)C(=O)N(c1cc(OC)cc(OC)c1Cl)C2. The Kier molecular flexibility index (Phi) is 9.50. The number of carbonyl (C=O) groups is 1. The summed E-state index contributed by atoms with van der Waals surface area (Å²) in [6.07, 6.45) is 6.40. The van der Waals surface area contributed by atoms with Crippen LogP contribution in [-0.2, 0) is 0 Å². The minimum atomic E-state index is -0.104. The lowest BCUT2D eigenvalue weighted by molar-refractivity contribution is 0.203. The van der Waals surface area contributed by atoms with E-state index in [0.717, 1.165) is 43.9 Å². The van der Waals surface area contributed by atoms with Crippen molar-refractivity contribution >= 4 is 23.3 Å². The highest BCUT2D eigenvalue weighted by Gasteiger charge is 2.35. The lowest BCUT2D eigenvalue weighted by Gasteiger charge is -2.41. The Balaban J connectivity index is 1.69. The van der Waals surface area contributed by atoms with Crippen molar-refractivity contribution in [3.63, 3.8) is 0 Å². The Hall–Kier alpha value is -2.42. The summed E-state index contributed by atoms with van der Waals surface area (Å²) in [7, 11) is 3.13. The molecule has 0 aliphatic carbocycles. The summed E-state index contributed by atoms with van der Waals surface area (Å²) in [5.41, 5.74) is 6.19. The Morgan fingerprint density at radius 3 is 2.50 bits per heavy atom. The molecular weight excluding hydrogens is 454 g/mol. The number of amides is 2. The highest BCUT2D eigenvalue weighted by Crippen LogP contribution is 2.41. The second-order valence-electron chi connectivity index (χ2n) is 8.33. The summed E-state index contributed by atoms with van der Waals surface area (Å²) in [6, 6.07) is 3.39. The molecule has 0 radical (unpaired) electrons. The number of unbranched alkanes of at least 4 members (excludes halogenated alkanes) is 1. The van der Waals surface area contributed by atoms with Gasteiger partial charge in [0.05, 0.1) is 33.0 Å². The van der Waals surface area contributed by atoms with Gasteiger partial charge in [-0.05, 0) is 51.0 Å². The number of nitrogens with zero attached hydrogens (tertiary/aromatic N) is 4. The topological polar surface area (TPSA) is 60.5 Å². The number of urea groups is 1. The van der Waals surface area contributed by atoms with Crippen LogP contribution in [-0.4, -0.2) is 80.9 Å². The Bertz CT molecular complexity index is 916. The molecule has 1 aromatic carbocycles. The first-order valence-electron chi connectivity index (χ1n) is 12.1. The molecule has 9 heteroatoms. The summed E-state index contributed by atoms with van der Waals surface area (Å²) < 4.78 is 10.8. The van der Waals surface area contributed by atoms with Crippen molar-refractivity contribution in [2.75, 3.05) is 64.9 Å². The number of carbonyl (C=O) groups excluding carboxylic acids is 1. The number of halogens is 1. The van der Waals surface area contributed by atoms with Crippen molar-refractivity contribution in [3.8, 4) is 11.5 Å². The molecule has 34 heavy (non-hydrogen) atoms. The molecule has 0 unspecified atom stereocenters. The number of nitrogens with one attached hydrogen (secondary N) is 1. The van der Waals surface area contributed by atoms with E-state index in [1.165, 1.54) is 6.42 Å². The Morgan fingerprint density at radius 1 is 1.09 bits per heavy atom. The number of methoxy groups -OCH3 is 2. The van der Waals surface area contributed by atoms with Gasteiger partial charge in [-0.1, -0.05) is 25.4 Å². The number of benzene rings is 1. The largest absolute Gasteiger partial charge is 0.497 e. The van der Waals surface area contributed by atoms with Crippen LogP contribution < -0.4 is 19.8 Å². The molecule has 0 saturated heterocycles. The van der Waals surface area contributed by atoms with Crippen LogP contribution in [0.2, 0.25) is 5.02 Å². The standard InChI is InChI=1S/C25H38ClN5O3/c1-6-28(7-2)13-10-9-12-27-29-14-11-19-17-31(25(32)30(8-3)22(19)18-29)21-15-20(33-4)16-23(34-5)24(21)26/h11,14-16,27H,6-10,12-13,17-18H2,1-5H3. The van der Waals surface area contributed by atoms with E-state index in [4.69, 9.17) is 21.1 Å². The number of hydrogen-bond donors (Lipinski definition) is 1. The third-order valence-electron chi connectivity index (χ3n) is 6.43. The molecule has 2 aliphatic rings. The zero-order valence-electron chi connectivity index (χ0n) is 21.1. The van der Waals surface area contributed by atoms with Crippen LogP contribution in [0.1, 0.15) is 33.6 Å². The number of anilines is 1. The third kappa shape index (κ3) is 5.79. The van der Waals surface area contributed by atoms with Gasteiger partial charge in [0, 0.05) is 37.1 Å². The van der Waals surface area contributed by atoms with E-state index in [0.29, 0.717) is 41.8 Å². The van der Waals surface area contributed by atoms with E-state index in [9.17, 15) is 4.79 Å². The first kappa shape index (κ1) is 26.2. The zero-order chi connectivity index (χ0) is 24.7. The number of hydrazine groups is 1. The molecule has 0 aromatic heterocycles. The maximum atomic E-state index is 13.5. The third-order valence-corrected chi connectivity index (χ3v) is 6.81. The summed E-state index contributed by atoms with van der Waals surface area (Å²) >= 11 is 6.60. The molecule has 0 fully saturated rings.